The highest BCUT2D eigenvalue weighted by atomic mass is 32.2. The van der Waals surface area contributed by atoms with Gasteiger partial charge in [-0.3, -0.25) is 0 Å². The van der Waals surface area contributed by atoms with E-state index in [9.17, 15) is 8.42 Å². The molecule has 0 heterocycles. The lowest BCUT2D eigenvalue weighted by molar-refractivity contribution is 0.605. The molecule has 0 bridgehead atoms. The summed E-state index contributed by atoms with van der Waals surface area (Å²) in [6.07, 6.45) is 2.81. The van der Waals surface area contributed by atoms with Gasteiger partial charge in [-0.15, -0.1) is 0 Å². The Bertz CT molecular complexity index is 242. The number of nitrogens with zero attached hydrogens (tertiary/aromatic N) is 1. The van der Waals surface area contributed by atoms with Crippen LogP contribution in [-0.2, 0) is 10.0 Å². The smallest absolute Gasteiger partial charge is 0.225 e. The Hall–Kier alpha value is -0.330. The van der Waals surface area contributed by atoms with E-state index < -0.39 is 10.0 Å². The van der Waals surface area contributed by atoms with Crippen LogP contribution in [0.5, 0.6) is 0 Å². The van der Waals surface area contributed by atoms with Crippen molar-refractivity contribution in [2.45, 2.75) is 0 Å². The van der Waals surface area contributed by atoms with Crippen molar-refractivity contribution in [1.29, 1.82) is 0 Å². The molecule has 0 aromatic rings. The Kier molecular flexibility index (Phi) is 3.62. The molecule has 0 unspecified atom stereocenters. The molecule has 4 nitrogen and oxygen atoms in total. The second kappa shape index (κ2) is 3.75. The topological polar surface area (TPSA) is 72.5 Å². The number of nitrogens with two attached hydrogens (primary N) is 1. The number of hydrogen-bond acceptors (Lipinski definition) is 4. The minimum Gasteiger partial charge on any atom is -0.225 e. The third kappa shape index (κ3) is 3.65. The molecule has 0 saturated carbocycles. The van der Waals surface area contributed by atoms with Gasteiger partial charge in [-0.2, -0.15) is 0 Å². The maximum atomic E-state index is 10.4. The molecule has 0 saturated heterocycles. The van der Waals surface area contributed by atoms with Crippen LogP contribution in [0, 0.1) is 0 Å². The Morgan fingerprint density at radius 2 is 2.30 bits per heavy atom. The summed E-state index contributed by atoms with van der Waals surface area (Å²) in [6, 6.07) is 0. The van der Waals surface area contributed by atoms with Crippen LogP contribution < -0.4 is 5.14 Å². The van der Waals surface area contributed by atoms with Crippen LogP contribution in [0.4, 0.5) is 0 Å². The van der Waals surface area contributed by atoms with E-state index in [1.807, 2.05) is 0 Å². The Balaban J connectivity index is 4.28. The first-order chi connectivity index (χ1) is 4.48. The predicted octanol–water partition coefficient (Wildman–Crippen LogP) is 0.137. The molecule has 0 aliphatic heterocycles. The van der Waals surface area contributed by atoms with Crippen LogP contribution in [0.1, 0.15) is 0 Å². The van der Waals surface area contributed by atoms with Gasteiger partial charge in [0.15, 0.2) is 0 Å². The maximum absolute atomic E-state index is 10.4. The maximum Gasteiger partial charge on any atom is 0.239 e. The fraction of sp³-hybridized carbons (Fsp3) is 0.250. The first kappa shape index (κ1) is 9.67. The van der Waals surface area contributed by atoms with E-state index in [-0.39, 0.29) is 4.91 Å². The summed E-state index contributed by atoms with van der Waals surface area (Å²) < 4.78 is 24.4. The van der Waals surface area contributed by atoms with Crippen LogP contribution in [0.3, 0.4) is 0 Å². The summed E-state index contributed by atoms with van der Waals surface area (Å²) in [6.45, 7) is 3.19. The average Bonchev–Trinajstić information content (AvgIpc) is 1.80. The predicted molar refractivity (Wildman–Crippen MR) is 44.3 cm³/mol. The van der Waals surface area contributed by atoms with Crippen molar-refractivity contribution < 1.29 is 8.42 Å². The number of hydrogen-bond donors (Lipinski definition) is 1. The molecule has 0 aromatic carbocycles. The normalized spacial score (nSPS) is 12.2. The van der Waals surface area contributed by atoms with E-state index in [1.165, 1.54) is 0 Å². The third-order valence-electron chi connectivity index (χ3n) is 0.668. The summed E-state index contributed by atoms with van der Waals surface area (Å²) in [5.74, 6) is 0. The van der Waals surface area contributed by atoms with Crippen molar-refractivity contribution in [3.8, 4) is 0 Å². The monoisotopic (exact) mass is 180 g/mol. The van der Waals surface area contributed by atoms with Crippen molar-refractivity contribution in [3.05, 3.63) is 11.5 Å². The van der Waals surface area contributed by atoms with Crippen LogP contribution >= 0.6 is 11.9 Å². The third-order valence-corrected chi connectivity index (χ3v) is 1.82. The SMILES string of the molecule is C=C(C=NSC)S(N)(=O)=O. The van der Waals surface area contributed by atoms with Gasteiger partial charge in [0.1, 0.15) is 0 Å². The fourth-order valence-electron chi connectivity index (χ4n) is 0.185. The zero-order valence-electron chi connectivity index (χ0n) is 5.44. The van der Waals surface area contributed by atoms with Crippen molar-refractivity contribution in [1.82, 2.24) is 0 Å². The minimum absolute atomic E-state index is 0.179. The molecule has 0 spiro atoms. The van der Waals surface area contributed by atoms with E-state index in [2.05, 4.69) is 11.0 Å². The lowest BCUT2D eigenvalue weighted by Crippen LogP contribution is -2.14. The highest BCUT2D eigenvalue weighted by Crippen LogP contribution is 1.97. The number of allylic oxidation sites excluding steroid dienone is 1. The molecule has 2 N–H and O–H groups in total. The molecular weight excluding hydrogens is 172 g/mol. The summed E-state index contributed by atoms with van der Waals surface area (Å²) in [5, 5.41) is 4.69. The Morgan fingerprint density at radius 3 is 2.60 bits per heavy atom. The van der Waals surface area contributed by atoms with Crippen molar-refractivity contribution in [2.75, 3.05) is 6.26 Å². The molecule has 0 aliphatic carbocycles. The number of rotatable bonds is 3. The van der Waals surface area contributed by atoms with E-state index in [0.717, 1.165) is 18.2 Å². The minimum atomic E-state index is -3.63. The van der Waals surface area contributed by atoms with Gasteiger partial charge in [0.2, 0.25) is 10.0 Å². The van der Waals surface area contributed by atoms with Gasteiger partial charge in [0, 0.05) is 6.26 Å². The Labute approximate surface area is 64.4 Å². The largest absolute Gasteiger partial charge is 0.239 e. The zero-order chi connectivity index (χ0) is 8.20. The van der Waals surface area contributed by atoms with Crippen molar-refractivity contribution in [2.24, 2.45) is 9.54 Å². The fourth-order valence-corrected chi connectivity index (χ4v) is 0.684. The molecule has 6 heteroatoms. The van der Waals surface area contributed by atoms with Crippen LogP contribution in [0.25, 0.3) is 0 Å². The van der Waals surface area contributed by atoms with E-state index in [1.54, 1.807) is 6.26 Å². The zero-order valence-corrected chi connectivity index (χ0v) is 7.08. The molecule has 58 valence electrons. The van der Waals surface area contributed by atoms with E-state index in [0.29, 0.717) is 0 Å². The summed E-state index contributed by atoms with van der Waals surface area (Å²) in [5.41, 5.74) is 0. The van der Waals surface area contributed by atoms with Gasteiger partial charge in [-0.1, -0.05) is 6.58 Å². The second-order valence-electron chi connectivity index (χ2n) is 1.43. The summed E-state index contributed by atoms with van der Waals surface area (Å²) in [4.78, 5) is -0.179. The van der Waals surface area contributed by atoms with Gasteiger partial charge in [0.05, 0.1) is 11.1 Å². The highest BCUT2D eigenvalue weighted by molar-refractivity contribution is 7.97. The standard InChI is InChI=1S/C4H8N2O2S2/c1-4(3-6-9-2)10(5,7)8/h3H,1H2,2H3,(H2,5,7,8). The molecule has 0 radical (unpaired) electrons. The van der Waals surface area contributed by atoms with Gasteiger partial charge < -0.3 is 0 Å². The summed E-state index contributed by atoms with van der Waals surface area (Å²) in [7, 11) is -3.63. The van der Waals surface area contributed by atoms with Crippen molar-refractivity contribution in [3.63, 3.8) is 0 Å². The molecule has 0 aromatic heterocycles. The van der Waals surface area contributed by atoms with Gasteiger partial charge in [-0.05, 0) is 11.9 Å². The van der Waals surface area contributed by atoms with Gasteiger partial charge >= 0.3 is 0 Å². The number of sulfonamides is 1. The summed E-state index contributed by atoms with van der Waals surface area (Å²) >= 11 is 1.13. The molecule has 0 atom stereocenters. The number of primary sulfonamides is 1. The van der Waals surface area contributed by atoms with Gasteiger partial charge in [-0.25, -0.2) is 18.0 Å². The molecular formula is C4H8N2O2S2. The molecule has 0 fully saturated rings. The van der Waals surface area contributed by atoms with Gasteiger partial charge in [0.25, 0.3) is 0 Å². The van der Waals surface area contributed by atoms with Crippen LogP contribution in [0.2, 0.25) is 0 Å². The van der Waals surface area contributed by atoms with E-state index in [4.69, 9.17) is 5.14 Å². The first-order valence-corrected chi connectivity index (χ1v) is 4.99. The molecule has 0 amide bonds. The molecule has 10 heavy (non-hydrogen) atoms. The quantitative estimate of drug-likeness (QED) is 0.496. The van der Waals surface area contributed by atoms with Crippen molar-refractivity contribution >= 4 is 28.2 Å². The van der Waals surface area contributed by atoms with E-state index >= 15 is 0 Å². The first-order valence-electron chi connectivity index (χ1n) is 2.26. The Morgan fingerprint density at radius 1 is 1.80 bits per heavy atom. The van der Waals surface area contributed by atoms with Crippen LogP contribution in [-0.4, -0.2) is 20.9 Å². The molecule has 0 rings (SSSR count). The lowest BCUT2D eigenvalue weighted by atomic mass is 10.7. The average molecular weight is 180 g/mol. The highest BCUT2D eigenvalue weighted by Gasteiger charge is 2.04. The second-order valence-corrected chi connectivity index (χ2v) is 3.62. The molecule has 0 aliphatic rings. The lowest BCUT2D eigenvalue weighted by Gasteiger charge is -1.91. The van der Waals surface area contributed by atoms with Crippen LogP contribution in [0.15, 0.2) is 15.9 Å².